The Kier molecular flexibility index (Phi) is 7.98. The first-order valence-electron chi connectivity index (χ1n) is 9.07. The molecule has 0 aliphatic carbocycles. The van der Waals surface area contributed by atoms with Crippen LogP contribution in [-0.2, 0) is 27.2 Å². The molecule has 1 heterocycles. The van der Waals surface area contributed by atoms with Crippen LogP contribution in [0.1, 0.15) is 37.3 Å². The number of carboxylic acids is 1. The summed E-state index contributed by atoms with van der Waals surface area (Å²) in [5.41, 5.74) is 2.17. The largest absolute Gasteiger partial charge is 0.480 e. The van der Waals surface area contributed by atoms with Gasteiger partial charge in [0.05, 0.1) is 11.9 Å². The quantitative estimate of drug-likeness (QED) is 0.285. The molecular formula is C18H27N2O6P. The highest BCUT2D eigenvalue weighted by Crippen LogP contribution is 2.37. The summed E-state index contributed by atoms with van der Waals surface area (Å²) >= 11 is 0. The second-order valence-electron chi connectivity index (χ2n) is 6.77. The third-order valence-corrected chi connectivity index (χ3v) is 5.20. The Balaban J connectivity index is 2.14. The monoisotopic (exact) mass is 398 g/mol. The van der Waals surface area contributed by atoms with Gasteiger partial charge >= 0.3 is 13.6 Å². The lowest BCUT2D eigenvalue weighted by atomic mass is 9.87. The molecule has 9 heteroatoms. The number of aliphatic carboxylic acids is 1. The van der Waals surface area contributed by atoms with Crippen molar-refractivity contribution in [3.05, 3.63) is 35.4 Å². The van der Waals surface area contributed by atoms with Gasteiger partial charge in [0.25, 0.3) is 0 Å². The van der Waals surface area contributed by atoms with Crippen molar-refractivity contribution >= 4 is 19.3 Å². The van der Waals surface area contributed by atoms with E-state index in [1.807, 2.05) is 24.3 Å². The number of hydrogen-bond donors (Lipinski definition) is 4. The van der Waals surface area contributed by atoms with Crippen LogP contribution in [0.3, 0.4) is 0 Å². The van der Waals surface area contributed by atoms with Crippen molar-refractivity contribution in [3.8, 4) is 0 Å². The predicted octanol–water partition coefficient (Wildman–Crippen LogP) is 2.14. The summed E-state index contributed by atoms with van der Waals surface area (Å²) in [6, 6.07) is 6.92. The number of carbonyl (C=O) groups is 1. The van der Waals surface area contributed by atoms with Crippen molar-refractivity contribution in [3.63, 3.8) is 0 Å². The fourth-order valence-electron chi connectivity index (χ4n) is 3.29. The van der Waals surface area contributed by atoms with E-state index in [-0.39, 0.29) is 12.3 Å². The summed E-state index contributed by atoms with van der Waals surface area (Å²) in [4.78, 5) is 35.6. The Morgan fingerprint density at radius 3 is 2.78 bits per heavy atom. The normalized spacial score (nSPS) is 21.1. The third-order valence-electron chi connectivity index (χ3n) is 4.46. The summed E-state index contributed by atoms with van der Waals surface area (Å²) in [6.45, 7) is 2.79. The molecule has 27 heavy (non-hydrogen) atoms. The zero-order valence-corrected chi connectivity index (χ0v) is 16.3. The lowest BCUT2D eigenvalue weighted by Gasteiger charge is -2.30. The first-order valence-corrected chi connectivity index (χ1v) is 10.9. The van der Waals surface area contributed by atoms with Gasteiger partial charge in [-0.2, -0.15) is 0 Å². The molecule has 2 unspecified atom stereocenters. The highest BCUT2D eigenvalue weighted by molar-refractivity contribution is 7.52. The number of oxime groups is 1. The predicted molar refractivity (Wildman–Crippen MR) is 102 cm³/mol. The molecule has 0 spiro atoms. The van der Waals surface area contributed by atoms with Gasteiger partial charge in [0.1, 0.15) is 12.6 Å². The zero-order valence-electron chi connectivity index (χ0n) is 15.4. The molecule has 2 rings (SSSR count). The van der Waals surface area contributed by atoms with Crippen molar-refractivity contribution in [1.29, 1.82) is 0 Å². The average Bonchev–Trinajstić information content (AvgIpc) is 2.60. The minimum Gasteiger partial charge on any atom is -0.480 e. The van der Waals surface area contributed by atoms with E-state index in [0.29, 0.717) is 19.4 Å². The van der Waals surface area contributed by atoms with Crippen LogP contribution < -0.4 is 5.32 Å². The maximum Gasteiger partial charge on any atom is 0.331 e. The molecule has 0 radical (unpaired) electrons. The minimum atomic E-state index is -4.41. The second kappa shape index (κ2) is 9.99. The van der Waals surface area contributed by atoms with E-state index in [4.69, 9.17) is 4.84 Å². The summed E-state index contributed by atoms with van der Waals surface area (Å²) in [5.74, 6) is -1.68. The number of carboxylic acid groups (broad SMARTS) is 1. The second-order valence-corrected chi connectivity index (χ2v) is 8.41. The van der Waals surface area contributed by atoms with Crippen molar-refractivity contribution < 1.29 is 29.1 Å². The van der Waals surface area contributed by atoms with Crippen LogP contribution in [0.4, 0.5) is 0 Å². The van der Waals surface area contributed by atoms with Gasteiger partial charge in [-0.1, -0.05) is 42.8 Å². The Morgan fingerprint density at radius 1 is 1.37 bits per heavy atom. The molecule has 2 atom stereocenters. The number of hydrogen-bond acceptors (Lipinski definition) is 5. The summed E-state index contributed by atoms with van der Waals surface area (Å²) in [5, 5.41) is 16.2. The van der Waals surface area contributed by atoms with Crippen LogP contribution in [0, 0.1) is 5.92 Å². The molecule has 1 aliphatic heterocycles. The van der Waals surface area contributed by atoms with Gasteiger partial charge in [-0.25, -0.2) is 0 Å². The van der Waals surface area contributed by atoms with Crippen LogP contribution in [0.2, 0.25) is 0 Å². The number of nitrogens with one attached hydrogen (secondary N) is 1. The Hall–Kier alpha value is -1.73. The van der Waals surface area contributed by atoms with E-state index in [1.165, 1.54) is 5.56 Å². The standard InChI is InChI=1S/C18H27N2O6P/c1-2-5-13-6-3-7-14(10-13)11-26-20-16(12-27(23,24)25)15-8-4-9-19-17(15)18(21)22/h3,6-7,10,15,17,19H,2,4-5,8-9,11-12H2,1H3,(H,21,22)(H2,23,24,25). The summed E-state index contributed by atoms with van der Waals surface area (Å²) in [7, 11) is -4.41. The Labute approximate surface area is 158 Å². The van der Waals surface area contributed by atoms with Crippen molar-refractivity contribution in [2.24, 2.45) is 11.1 Å². The van der Waals surface area contributed by atoms with E-state index in [2.05, 4.69) is 17.4 Å². The Bertz CT molecular complexity index is 718. The highest BCUT2D eigenvalue weighted by atomic mass is 31.2. The molecule has 1 aliphatic rings. The van der Waals surface area contributed by atoms with E-state index in [9.17, 15) is 24.3 Å². The molecule has 1 fully saturated rings. The van der Waals surface area contributed by atoms with Gasteiger partial charge < -0.3 is 25.0 Å². The number of piperidine rings is 1. The van der Waals surface area contributed by atoms with Crippen LogP contribution >= 0.6 is 7.60 Å². The maximum atomic E-state index is 11.5. The van der Waals surface area contributed by atoms with Crippen molar-refractivity contribution in [1.82, 2.24) is 5.32 Å². The first kappa shape index (κ1) is 21.6. The Morgan fingerprint density at radius 2 is 2.11 bits per heavy atom. The fourth-order valence-corrected chi connectivity index (χ4v) is 4.00. The first-order chi connectivity index (χ1) is 12.8. The van der Waals surface area contributed by atoms with Crippen LogP contribution in [-0.4, -0.2) is 45.3 Å². The third kappa shape index (κ3) is 7.07. The van der Waals surface area contributed by atoms with Crippen molar-refractivity contribution in [2.75, 3.05) is 12.7 Å². The minimum absolute atomic E-state index is 0.0904. The molecule has 8 nitrogen and oxygen atoms in total. The lowest BCUT2D eigenvalue weighted by Crippen LogP contribution is -2.50. The van der Waals surface area contributed by atoms with E-state index in [0.717, 1.165) is 18.4 Å². The molecule has 0 bridgehead atoms. The van der Waals surface area contributed by atoms with Crippen LogP contribution in [0.25, 0.3) is 0 Å². The molecular weight excluding hydrogens is 371 g/mol. The van der Waals surface area contributed by atoms with E-state index >= 15 is 0 Å². The van der Waals surface area contributed by atoms with Gasteiger partial charge in [0.2, 0.25) is 0 Å². The molecule has 0 aromatic heterocycles. The van der Waals surface area contributed by atoms with Gasteiger partial charge in [-0.15, -0.1) is 0 Å². The highest BCUT2D eigenvalue weighted by Gasteiger charge is 2.36. The molecule has 4 N–H and O–H groups in total. The topological polar surface area (TPSA) is 128 Å². The maximum absolute atomic E-state index is 11.5. The SMILES string of the molecule is CCCc1cccc(CON=C(CP(=O)(O)O)C2CCCNC2C(=O)O)c1. The number of benzene rings is 1. The molecule has 0 saturated carbocycles. The van der Waals surface area contributed by atoms with Gasteiger partial charge in [0.15, 0.2) is 0 Å². The van der Waals surface area contributed by atoms with Gasteiger partial charge in [0, 0.05) is 5.92 Å². The van der Waals surface area contributed by atoms with Crippen LogP contribution in [0.15, 0.2) is 29.4 Å². The fraction of sp³-hybridized carbons (Fsp3) is 0.556. The number of nitrogens with zero attached hydrogens (tertiary/aromatic N) is 1. The van der Waals surface area contributed by atoms with Crippen LogP contribution in [0.5, 0.6) is 0 Å². The smallest absolute Gasteiger partial charge is 0.331 e. The molecule has 0 amide bonds. The van der Waals surface area contributed by atoms with Gasteiger partial charge in [-0.3, -0.25) is 9.36 Å². The molecule has 1 aromatic rings. The average molecular weight is 398 g/mol. The number of rotatable bonds is 9. The number of aryl methyl sites for hydroxylation is 1. The van der Waals surface area contributed by atoms with Crippen molar-refractivity contribution in [2.45, 2.75) is 45.3 Å². The van der Waals surface area contributed by atoms with Gasteiger partial charge in [-0.05, 0) is 36.9 Å². The molecule has 1 saturated heterocycles. The van der Waals surface area contributed by atoms with E-state index in [1.54, 1.807) is 0 Å². The summed E-state index contributed by atoms with van der Waals surface area (Å²) in [6.07, 6.45) is 2.56. The zero-order chi connectivity index (χ0) is 19.9. The molecule has 150 valence electrons. The molecule has 1 aromatic carbocycles. The lowest BCUT2D eigenvalue weighted by molar-refractivity contribution is -0.140. The van der Waals surface area contributed by atoms with E-state index < -0.39 is 31.7 Å². The summed E-state index contributed by atoms with van der Waals surface area (Å²) < 4.78 is 11.5.